The minimum Gasteiger partial charge on any atom is -0.504 e. The Labute approximate surface area is 195 Å². The van der Waals surface area contributed by atoms with Crippen LogP contribution in [0.25, 0.3) is 0 Å². The average molecular weight is 457 g/mol. The summed E-state index contributed by atoms with van der Waals surface area (Å²) in [6.07, 6.45) is 2.78. The van der Waals surface area contributed by atoms with Crippen LogP contribution in [0.5, 0.6) is 34.5 Å². The Balaban J connectivity index is 2.28. The third kappa shape index (κ3) is 2.29. The first-order chi connectivity index (χ1) is 15.5. The Hall–Kier alpha value is -2.76. The van der Waals surface area contributed by atoms with E-state index in [0.29, 0.717) is 47.9 Å². The molecule has 1 spiro atoms. The molecule has 0 heterocycles. The van der Waals surface area contributed by atoms with Crippen LogP contribution in [0.3, 0.4) is 0 Å². The number of aromatic hydroxyl groups is 6. The number of fused-ring (bicyclic) bond motifs is 4. The predicted molar refractivity (Wildman–Crippen MR) is 127 cm³/mol. The predicted octanol–water partition coefficient (Wildman–Crippen LogP) is 5.62. The van der Waals surface area contributed by atoms with Crippen molar-refractivity contribution in [3.05, 3.63) is 34.4 Å². The first-order valence-corrected chi connectivity index (χ1v) is 12.0. The second kappa shape index (κ2) is 7.12. The number of hydrogen-bond donors (Lipinski definition) is 6. The molecule has 0 saturated carbocycles. The summed E-state index contributed by atoms with van der Waals surface area (Å²) in [6, 6.07) is 3.10. The quantitative estimate of drug-likeness (QED) is 0.332. The number of phenols is 6. The summed E-state index contributed by atoms with van der Waals surface area (Å²) in [5.74, 6) is -2.64. The second-order valence-electron chi connectivity index (χ2n) is 10.1. The van der Waals surface area contributed by atoms with E-state index in [-0.39, 0.29) is 23.3 Å². The molecule has 6 nitrogen and oxygen atoms in total. The number of rotatable bonds is 4. The van der Waals surface area contributed by atoms with E-state index in [4.69, 9.17) is 0 Å². The Morgan fingerprint density at radius 3 is 1.15 bits per heavy atom. The largest absolute Gasteiger partial charge is 0.504 e. The molecule has 0 saturated heterocycles. The normalized spacial score (nSPS) is 26.5. The van der Waals surface area contributed by atoms with Crippen molar-refractivity contribution >= 4 is 0 Å². The molecule has 0 fully saturated rings. The van der Waals surface area contributed by atoms with Gasteiger partial charge in [-0.15, -0.1) is 0 Å². The average Bonchev–Trinajstić information content (AvgIpc) is 3.16. The molecule has 0 amide bonds. The fraction of sp³-hybridized carbons (Fsp3) is 0.556. The molecule has 2 aromatic carbocycles. The fourth-order valence-corrected chi connectivity index (χ4v) is 8.14. The van der Waals surface area contributed by atoms with Crippen molar-refractivity contribution in [1.82, 2.24) is 0 Å². The molecule has 6 N–H and O–H groups in total. The molecule has 0 radical (unpaired) electrons. The van der Waals surface area contributed by atoms with Gasteiger partial charge in [-0.2, -0.15) is 0 Å². The molecule has 2 unspecified atom stereocenters. The summed E-state index contributed by atoms with van der Waals surface area (Å²) < 4.78 is 0. The van der Waals surface area contributed by atoms with Gasteiger partial charge < -0.3 is 30.6 Å². The zero-order valence-electron chi connectivity index (χ0n) is 20.3. The number of benzene rings is 2. The van der Waals surface area contributed by atoms with Gasteiger partial charge in [0.25, 0.3) is 0 Å². The Kier molecular flexibility index (Phi) is 5.05. The van der Waals surface area contributed by atoms with Gasteiger partial charge in [0.2, 0.25) is 11.5 Å². The van der Waals surface area contributed by atoms with Gasteiger partial charge in [0.05, 0.1) is 0 Å². The molecular weight excluding hydrogens is 420 g/mol. The molecule has 2 aliphatic carbocycles. The highest BCUT2D eigenvalue weighted by atomic mass is 16.3. The molecule has 180 valence electrons. The lowest BCUT2D eigenvalue weighted by Gasteiger charge is -2.46. The van der Waals surface area contributed by atoms with Crippen LogP contribution in [-0.4, -0.2) is 30.6 Å². The zero-order valence-corrected chi connectivity index (χ0v) is 20.3. The summed E-state index contributed by atoms with van der Waals surface area (Å²) in [6.45, 7) is 12.5. The monoisotopic (exact) mass is 456 g/mol. The standard InChI is InChI=1S/C27H36O6/c1-7-25(8-2)13(5)27(15-11-17(28)21(30)23(32)19(15)25)14(6)26(9-3,10-4)20-16(27)12-18(29)22(31)24(20)33/h11-14,28-33H,7-10H2,1-6H3. The molecule has 2 aliphatic rings. The number of phenolic OH excluding ortho intramolecular Hbond substituents is 6. The van der Waals surface area contributed by atoms with E-state index >= 15 is 0 Å². The minimum absolute atomic E-state index is 0.0980. The van der Waals surface area contributed by atoms with E-state index in [9.17, 15) is 30.6 Å². The van der Waals surface area contributed by atoms with Crippen molar-refractivity contribution < 1.29 is 30.6 Å². The summed E-state index contributed by atoms with van der Waals surface area (Å²) >= 11 is 0. The minimum atomic E-state index is -0.770. The van der Waals surface area contributed by atoms with Crippen LogP contribution >= 0.6 is 0 Å². The Morgan fingerprint density at radius 2 is 0.879 bits per heavy atom. The van der Waals surface area contributed by atoms with Gasteiger partial charge in [0.15, 0.2) is 23.0 Å². The van der Waals surface area contributed by atoms with Gasteiger partial charge in [0.1, 0.15) is 0 Å². The summed E-state index contributed by atoms with van der Waals surface area (Å²) in [5, 5.41) is 64.4. The molecule has 4 rings (SSSR count). The molecule has 2 aromatic rings. The first kappa shape index (κ1) is 23.4. The van der Waals surface area contributed by atoms with Crippen molar-refractivity contribution in [2.45, 2.75) is 83.5 Å². The maximum Gasteiger partial charge on any atom is 0.200 e. The third-order valence-electron chi connectivity index (χ3n) is 9.94. The maximum atomic E-state index is 11.1. The highest BCUT2D eigenvalue weighted by molar-refractivity contribution is 5.73. The van der Waals surface area contributed by atoms with E-state index in [2.05, 4.69) is 41.5 Å². The smallest absolute Gasteiger partial charge is 0.200 e. The lowest BCUT2D eigenvalue weighted by Crippen LogP contribution is -2.45. The molecule has 0 aromatic heterocycles. The van der Waals surface area contributed by atoms with Gasteiger partial charge in [-0.05, 0) is 60.8 Å². The van der Waals surface area contributed by atoms with Crippen molar-refractivity contribution in [3.63, 3.8) is 0 Å². The second-order valence-corrected chi connectivity index (χ2v) is 10.1. The maximum absolute atomic E-state index is 11.1. The van der Waals surface area contributed by atoms with Crippen LogP contribution in [0, 0.1) is 11.8 Å². The highest BCUT2D eigenvalue weighted by Crippen LogP contribution is 2.74. The van der Waals surface area contributed by atoms with Crippen molar-refractivity contribution in [2.24, 2.45) is 11.8 Å². The zero-order chi connectivity index (χ0) is 24.7. The summed E-state index contributed by atoms with van der Waals surface area (Å²) in [7, 11) is 0. The molecule has 2 atom stereocenters. The van der Waals surface area contributed by atoms with E-state index in [0.717, 1.165) is 0 Å². The Morgan fingerprint density at radius 1 is 0.576 bits per heavy atom. The molecule has 6 heteroatoms. The van der Waals surface area contributed by atoms with Crippen LogP contribution in [0.2, 0.25) is 0 Å². The number of hydrogen-bond acceptors (Lipinski definition) is 6. The molecule has 33 heavy (non-hydrogen) atoms. The summed E-state index contributed by atoms with van der Waals surface area (Å²) in [5.41, 5.74) is 0.912. The van der Waals surface area contributed by atoms with Gasteiger partial charge in [-0.1, -0.05) is 41.5 Å². The Bertz CT molecular complexity index is 1040. The van der Waals surface area contributed by atoms with E-state index in [1.807, 2.05) is 0 Å². The van der Waals surface area contributed by atoms with Gasteiger partial charge >= 0.3 is 0 Å². The van der Waals surface area contributed by atoms with Crippen molar-refractivity contribution in [3.8, 4) is 34.5 Å². The fourth-order valence-electron chi connectivity index (χ4n) is 8.14. The summed E-state index contributed by atoms with van der Waals surface area (Å²) in [4.78, 5) is 0. The first-order valence-electron chi connectivity index (χ1n) is 12.0. The van der Waals surface area contributed by atoms with E-state index < -0.39 is 39.2 Å². The lowest BCUT2D eigenvalue weighted by atomic mass is 9.57. The van der Waals surface area contributed by atoms with Crippen LogP contribution in [0.15, 0.2) is 12.1 Å². The molecule has 0 bridgehead atoms. The molecular formula is C27H36O6. The van der Waals surface area contributed by atoms with Gasteiger partial charge in [-0.3, -0.25) is 0 Å². The van der Waals surface area contributed by atoms with Crippen molar-refractivity contribution in [1.29, 1.82) is 0 Å². The lowest BCUT2D eigenvalue weighted by molar-refractivity contribution is 0.128. The SMILES string of the molecule is CCC1(CC)c2c(cc(O)c(O)c2O)C2(c3cc(O)c(O)c(O)c3C(CC)(CC)C2C)C1C. The van der Waals surface area contributed by atoms with Crippen LogP contribution in [-0.2, 0) is 16.2 Å². The molecule has 0 aliphatic heterocycles. The topological polar surface area (TPSA) is 121 Å². The van der Waals surface area contributed by atoms with Crippen molar-refractivity contribution in [2.75, 3.05) is 0 Å². The van der Waals surface area contributed by atoms with E-state index in [1.165, 1.54) is 0 Å². The van der Waals surface area contributed by atoms with Crippen LogP contribution in [0.4, 0.5) is 0 Å². The van der Waals surface area contributed by atoms with Gasteiger partial charge in [0, 0.05) is 27.4 Å². The third-order valence-corrected chi connectivity index (χ3v) is 9.94. The van der Waals surface area contributed by atoms with E-state index in [1.54, 1.807) is 12.1 Å². The van der Waals surface area contributed by atoms with Crippen LogP contribution in [0.1, 0.15) is 89.5 Å². The highest BCUT2D eigenvalue weighted by Gasteiger charge is 2.68. The van der Waals surface area contributed by atoms with Gasteiger partial charge in [-0.25, -0.2) is 0 Å². The van der Waals surface area contributed by atoms with Crippen LogP contribution < -0.4 is 0 Å².